The van der Waals surface area contributed by atoms with Gasteiger partial charge in [0.05, 0.1) is 25.3 Å². The molecule has 0 amide bonds. The Kier molecular flexibility index (Phi) is 6.07. The number of esters is 2. The summed E-state index contributed by atoms with van der Waals surface area (Å²) in [5.74, 6) is -3.20. The van der Waals surface area contributed by atoms with Crippen LogP contribution >= 0.6 is 0 Å². The van der Waals surface area contributed by atoms with E-state index in [1.54, 1.807) is 72.8 Å². The van der Waals surface area contributed by atoms with Crippen molar-refractivity contribution in [2.75, 3.05) is 14.2 Å². The number of hydrogen-bond donors (Lipinski definition) is 0. The quantitative estimate of drug-likeness (QED) is 0.385. The molecule has 0 aromatic heterocycles. The molecule has 2 aliphatic rings. The molecule has 3 aromatic carbocycles. The molecule has 7 heteroatoms. The first-order chi connectivity index (χ1) is 17.8. The van der Waals surface area contributed by atoms with E-state index in [0.717, 1.165) is 0 Å². The molecule has 2 atom stereocenters. The van der Waals surface area contributed by atoms with Gasteiger partial charge in [-0.3, -0.25) is 14.4 Å². The number of benzene rings is 3. The second-order valence-electron chi connectivity index (χ2n) is 9.35. The van der Waals surface area contributed by atoms with Gasteiger partial charge in [-0.05, 0) is 35.4 Å². The highest BCUT2D eigenvalue weighted by Crippen LogP contribution is 2.60. The van der Waals surface area contributed by atoms with E-state index < -0.39 is 29.2 Å². The van der Waals surface area contributed by atoms with Gasteiger partial charge >= 0.3 is 11.9 Å². The lowest BCUT2D eigenvalue weighted by Gasteiger charge is -2.44. The molecule has 1 spiro atoms. The van der Waals surface area contributed by atoms with Gasteiger partial charge < -0.3 is 9.47 Å². The Morgan fingerprint density at radius 3 is 1.38 bits per heavy atom. The van der Waals surface area contributed by atoms with E-state index in [9.17, 15) is 24.0 Å². The van der Waals surface area contributed by atoms with Gasteiger partial charge in [0.2, 0.25) is 0 Å². The molecule has 0 bridgehead atoms. The van der Waals surface area contributed by atoms with Gasteiger partial charge in [0.1, 0.15) is 11.2 Å². The highest BCUT2D eigenvalue weighted by molar-refractivity contribution is 6.31. The fourth-order valence-electron chi connectivity index (χ4n) is 5.86. The highest BCUT2D eigenvalue weighted by Gasteiger charge is 2.64. The number of fused-ring (bicyclic) bond motifs is 1. The van der Waals surface area contributed by atoms with E-state index in [4.69, 9.17) is 9.47 Å². The number of carbonyl (C=O) groups is 5. The minimum absolute atomic E-state index is 0.0137. The smallest absolute Gasteiger partial charge is 0.337 e. The molecule has 3 aromatic rings. The summed E-state index contributed by atoms with van der Waals surface area (Å²) < 4.78 is 9.57. The minimum Gasteiger partial charge on any atom is -0.465 e. The van der Waals surface area contributed by atoms with Crippen LogP contribution < -0.4 is 0 Å². The van der Waals surface area contributed by atoms with Crippen molar-refractivity contribution in [2.45, 2.75) is 24.7 Å². The summed E-state index contributed by atoms with van der Waals surface area (Å²) in [7, 11) is 2.57. The molecule has 2 aliphatic carbocycles. The Hall–Kier alpha value is -4.39. The number of hydrogen-bond acceptors (Lipinski definition) is 7. The number of methoxy groups -OCH3 is 2. The Morgan fingerprint density at radius 2 is 1.03 bits per heavy atom. The molecule has 5 rings (SSSR count). The third kappa shape index (κ3) is 3.69. The Morgan fingerprint density at radius 1 is 0.649 bits per heavy atom. The molecule has 0 radical (unpaired) electrons. The lowest BCUT2D eigenvalue weighted by Crippen LogP contribution is -2.49. The van der Waals surface area contributed by atoms with E-state index in [2.05, 4.69) is 0 Å². The maximum atomic E-state index is 14.2. The Bertz CT molecular complexity index is 1330. The number of Topliss-reactive ketones (excluding diaryl/α,β-unsaturated/α-hetero) is 3. The number of rotatable bonds is 4. The van der Waals surface area contributed by atoms with Gasteiger partial charge in [0.25, 0.3) is 0 Å². The predicted octanol–water partition coefficient (Wildman–Crippen LogP) is 4.56. The van der Waals surface area contributed by atoms with Gasteiger partial charge in [-0.1, -0.05) is 48.5 Å². The van der Waals surface area contributed by atoms with E-state index >= 15 is 0 Å². The maximum absolute atomic E-state index is 14.2. The Labute approximate surface area is 213 Å². The fraction of sp³-hybridized carbons (Fsp3) is 0.233. The molecule has 0 unspecified atom stereocenters. The van der Waals surface area contributed by atoms with Gasteiger partial charge in [-0.25, -0.2) is 9.59 Å². The second kappa shape index (κ2) is 9.24. The molecular formula is C30H24O7. The van der Waals surface area contributed by atoms with Crippen LogP contribution in [0.1, 0.15) is 77.2 Å². The van der Waals surface area contributed by atoms with E-state index in [0.29, 0.717) is 33.4 Å². The average molecular weight is 497 g/mol. The highest BCUT2D eigenvalue weighted by atomic mass is 16.5. The zero-order chi connectivity index (χ0) is 26.3. The summed E-state index contributed by atoms with van der Waals surface area (Å²) in [5.41, 5.74) is 1.02. The molecule has 0 saturated heterocycles. The Balaban J connectivity index is 1.69. The van der Waals surface area contributed by atoms with Crippen LogP contribution in [0.15, 0.2) is 72.8 Å². The molecule has 0 aliphatic heterocycles. The van der Waals surface area contributed by atoms with Crippen molar-refractivity contribution in [3.05, 3.63) is 106 Å². The van der Waals surface area contributed by atoms with Gasteiger partial charge in [-0.15, -0.1) is 0 Å². The number of carbonyl (C=O) groups excluding carboxylic acids is 5. The van der Waals surface area contributed by atoms with Crippen molar-refractivity contribution in [1.29, 1.82) is 0 Å². The van der Waals surface area contributed by atoms with Crippen LogP contribution in [0.25, 0.3) is 0 Å². The first-order valence-corrected chi connectivity index (χ1v) is 11.9. The summed E-state index contributed by atoms with van der Waals surface area (Å²) >= 11 is 0. The molecular weight excluding hydrogens is 472 g/mol. The van der Waals surface area contributed by atoms with Crippen molar-refractivity contribution < 1.29 is 33.4 Å². The van der Waals surface area contributed by atoms with E-state index in [1.807, 2.05) is 0 Å². The summed E-state index contributed by atoms with van der Waals surface area (Å²) in [6.45, 7) is 0. The van der Waals surface area contributed by atoms with Gasteiger partial charge in [0, 0.05) is 35.8 Å². The molecule has 7 nitrogen and oxygen atoms in total. The number of ether oxygens (including phenoxy) is 2. The normalized spacial score (nSPS) is 20.0. The minimum atomic E-state index is -1.54. The molecule has 0 heterocycles. The van der Waals surface area contributed by atoms with E-state index in [1.165, 1.54) is 14.2 Å². The number of ketones is 3. The van der Waals surface area contributed by atoms with Crippen LogP contribution in [0.4, 0.5) is 0 Å². The van der Waals surface area contributed by atoms with Crippen LogP contribution in [0.2, 0.25) is 0 Å². The lowest BCUT2D eigenvalue weighted by atomic mass is 9.54. The van der Waals surface area contributed by atoms with Crippen LogP contribution in [0.3, 0.4) is 0 Å². The fourth-order valence-corrected chi connectivity index (χ4v) is 5.86. The monoisotopic (exact) mass is 496 g/mol. The summed E-state index contributed by atoms with van der Waals surface area (Å²) in [4.78, 5) is 65.5. The molecule has 1 saturated carbocycles. The maximum Gasteiger partial charge on any atom is 0.337 e. The zero-order valence-corrected chi connectivity index (χ0v) is 20.4. The SMILES string of the molecule is COC(=O)c1ccc([C@H]2CC(=O)C[C@@H](c3ccc(C(=O)OC)cc3)C23C(=O)c2ccccc2C3=O)cc1. The van der Waals surface area contributed by atoms with Crippen molar-refractivity contribution in [2.24, 2.45) is 5.41 Å². The van der Waals surface area contributed by atoms with E-state index in [-0.39, 0.29) is 30.2 Å². The van der Waals surface area contributed by atoms with Crippen molar-refractivity contribution in [1.82, 2.24) is 0 Å². The largest absolute Gasteiger partial charge is 0.465 e. The zero-order valence-electron chi connectivity index (χ0n) is 20.4. The van der Waals surface area contributed by atoms with Crippen LogP contribution in [0.5, 0.6) is 0 Å². The van der Waals surface area contributed by atoms with Crippen molar-refractivity contribution >= 4 is 29.3 Å². The van der Waals surface area contributed by atoms with Gasteiger partial charge in [-0.2, -0.15) is 0 Å². The lowest BCUT2D eigenvalue weighted by molar-refractivity contribution is -0.122. The third-order valence-corrected chi connectivity index (χ3v) is 7.60. The summed E-state index contributed by atoms with van der Waals surface area (Å²) in [6, 6.07) is 19.7. The molecule has 0 N–H and O–H groups in total. The van der Waals surface area contributed by atoms with Crippen LogP contribution in [0, 0.1) is 5.41 Å². The summed E-state index contributed by atoms with van der Waals surface area (Å²) in [6.07, 6.45) is 0.0273. The van der Waals surface area contributed by atoms with Crippen molar-refractivity contribution in [3.63, 3.8) is 0 Å². The predicted molar refractivity (Wildman–Crippen MR) is 133 cm³/mol. The van der Waals surface area contributed by atoms with Crippen LogP contribution in [-0.4, -0.2) is 43.5 Å². The van der Waals surface area contributed by atoms with Crippen molar-refractivity contribution in [3.8, 4) is 0 Å². The van der Waals surface area contributed by atoms with Gasteiger partial charge in [0.15, 0.2) is 11.6 Å². The molecule has 37 heavy (non-hydrogen) atoms. The first-order valence-electron chi connectivity index (χ1n) is 11.9. The standard InChI is InChI=1S/C30H24O7/c1-36-28(34)19-11-7-17(8-12-19)24-15-21(31)16-25(18-9-13-20(14-10-18)29(35)37-2)30(24)26(32)22-5-3-4-6-23(22)27(30)33/h3-14,24-25H,15-16H2,1-2H3/t24-,25+. The van der Waals surface area contributed by atoms with Crippen LogP contribution in [-0.2, 0) is 14.3 Å². The molecule has 1 fully saturated rings. The first kappa shape index (κ1) is 24.3. The summed E-state index contributed by atoms with van der Waals surface area (Å²) in [5, 5.41) is 0. The second-order valence-corrected chi connectivity index (χ2v) is 9.35. The topological polar surface area (TPSA) is 104 Å². The molecule has 186 valence electrons. The third-order valence-electron chi connectivity index (χ3n) is 7.60. The average Bonchev–Trinajstić information content (AvgIpc) is 3.16.